The Morgan fingerprint density at radius 3 is 2.60 bits per heavy atom. The minimum absolute atomic E-state index is 0.0857. The number of sulfone groups is 1. The lowest BCUT2D eigenvalue weighted by Crippen LogP contribution is -2.35. The van der Waals surface area contributed by atoms with Gasteiger partial charge in [0.25, 0.3) is 0 Å². The average Bonchev–Trinajstić information content (AvgIpc) is 2.82. The summed E-state index contributed by atoms with van der Waals surface area (Å²) in [5.74, 6) is -1.54. The topological polar surface area (TPSA) is 118 Å². The van der Waals surface area contributed by atoms with Gasteiger partial charge in [0.15, 0.2) is 9.84 Å². The van der Waals surface area contributed by atoms with Gasteiger partial charge in [-0.1, -0.05) is 6.08 Å². The molecule has 0 saturated carbocycles. The van der Waals surface area contributed by atoms with E-state index in [9.17, 15) is 21.6 Å². The Morgan fingerprint density at radius 1 is 1.50 bits per heavy atom. The summed E-state index contributed by atoms with van der Waals surface area (Å²) in [7, 11) is -7.32. The molecule has 0 amide bonds. The number of aromatic carboxylic acids is 1. The number of aryl methyl sites for hydroxylation is 1. The molecule has 0 aromatic carbocycles. The van der Waals surface area contributed by atoms with Crippen LogP contribution in [0, 0.1) is 6.92 Å². The van der Waals surface area contributed by atoms with E-state index in [-0.39, 0.29) is 15.5 Å². The van der Waals surface area contributed by atoms with Gasteiger partial charge < -0.3 is 5.11 Å². The second kappa shape index (κ2) is 4.95. The van der Waals surface area contributed by atoms with E-state index < -0.39 is 31.9 Å². The second-order valence-corrected chi connectivity index (χ2v) is 9.09. The molecule has 1 aromatic heterocycles. The Bertz CT molecular complexity index is 787. The summed E-state index contributed by atoms with van der Waals surface area (Å²) in [4.78, 5) is 10.9. The number of hydrogen-bond donors (Lipinski definition) is 2. The molecule has 2 N–H and O–H groups in total. The van der Waals surface area contributed by atoms with Gasteiger partial charge in [0, 0.05) is 10.3 Å². The molecule has 10 heteroatoms. The van der Waals surface area contributed by atoms with Crippen molar-refractivity contribution in [1.29, 1.82) is 0 Å². The fourth-order valence-corrected chi connectivity index (χ4v) is 5.71. The van der Waals surface area contributed by atoms with Crippen molar-refractivity contribution in [3.05, 3.63) is 27.3 Å². The lowest BCUT2D eigenvalue weighted by atomic mass is 10.4. The van der Waals surface area contributed by atoms with Crippen molar-refractivity contribution in [3.63, 3.8) is 0 Å². The number of nitrogens with one attached hydrogen (secondary N) is 1. The molecule has 1 unspecified atom stereocenters. The van der Waals surface area contributed by atoms with Gasteiger partial charge in [0.1, 0.15) is 4.88 Å². The van der Waals surface area contributed by atoms with Gasteiger partial charge in [-0.2, -0.15) is 0 Å². The predicted molar refractivity (Wildman–Crippen MR) is 73.1 cm³/mol. The largest absolute Gasteiger partial charge is 0.477 e. The van der Waals surface area contributed by atoms with Crippen molar-refractivity contribution < 1.29 is 26.7 Å². The number of thiophene rings is 1. The van der Waals surface area contributed by atoms with Gasteiger partial charge in [-0.15, -0.1) is 11.3 Å². The van der Waals surface area contributed by atoms with E-state index in [1.807, 2.05) is 0 Å². The fraction of sp³-hybridized carbons (Fsp3) is 0.300. The summed E-state index contributed by atoms with van der Waals surface area (Å²) in [5.41, 5.74) is 0. The molecule has 110 valence electrons. The standard InChI is InChI=1S/C10H11NO6S3/c1-6-9(4-8(18-6)10(12)13)20(16,17)11-7-2-3-19(14,15)5-7/h2-4,7,11H,5H2,1H3,(H,12,13). The van der Waals surface area contributed by atoms with E-state index in [1.54, 1.807) is 0 Å². The van der Waals surface area contributed by atoms with Crippen molar-refractivity contribution in [2.45, 2.75) is 17.9 Å². The third kappa shape index (κ3) is 3.08. The number of carboxylic acid groups (broad SMARTS) is 1. The highest BCUT2D eigenvalue weighted by atomic mass is 32.2. The first kappa shape index (κ1) is 15.2. The molecule has 1 aliphatic rings. The first-order valence-corrected chi connectivity index (χ1v) is 9.39. The Labute approximate surface area is 119 Å². The van der Waals surface area contributed by atoms with Gasteiger partial charge >= 0.3 is 5.97 Å². The maximum absolute atomic E-state index is 12.1. The smallest absolute Gasteiger partial charge is 0.345 e. The molecule has 0 radical (unpaired) electrons. The quantitative estimate of drug-likeness (QED) is 0.818. The second-order valence-electron chi connectivity index (χ2n) is 4.22. The molecule has 2 heterocycles. The first-order chi connectivity index (χ1) is 9.11. The fourth-order valence-electron chi connectivity index (χ4n) is 1.75. The van der Waals surface area contributed by atoms with Crippen LogP contribution in [0.5, 0.6) is 0 Å². The van der Waals surface area contributed by atoms with Gasteiger partial charge in [-0.05, 0) is 13.0 Å². The van der Waals surface area contributed by atoms with Crippen LogP contribution in [0.3, 0.4) is 0 Å². The molecule has 0 bridgehead atoms. The number of rotatable bonds is 4. The number of sulfonamides is 1. The SMILES string of the molecule is Cc1sc(C(=O)O)cc1S(=O)(=O)NC1C=CS(=O)(=O)C1. The molecule has 1 aromatic rings. The van der Waals surface area contributed by atoms with Crippen LogP contribution >= 0.6 is 11.3 Å². The van der Waals surface area contributed by atoms with Gasteiger partial charge in [0.2, 0.25) is 10.0 Å². The zero-order valence-corrected chi connectivity index (χ0v) is 12.7. The molecular weight excluding hydrogens is 326 g/mol. The van der Waals surface area contributed by atoms with Crippen molar-refractivity contribution in [2.75, 3.05) is 5.75 Å². The highest BCUT2D eigenvalue weighted by Crippen LogP contribution is 2.26. The number of carbonyl (C=O) groups is 1. The summed E-state index contributed by atoms with van der Waals surface area (Å²) in [6.45, 7) is 1.49. The highest BCUT2D eigenvalue weighted by molar-refractivity contribution is 7.94. The molecule has 20 heavy (non-hydrogen) atoms. The third-order valence-electron chi connectivity index (χ3n) is 2.61. The zero-order chi connectivity index (χ0) is 15.1. The van der Waals surface area contributed by atoms with Crippen molar-refractivity contribution in [2.24, 2.45) is 0 Å². The Hall–Kier alpha value is -1.23. The summed E-state index contributed by atoms with van der Waals surface area (Å²) < 4.78 is 49.0. The molecule has 1 aliphatic heterocycles. The Morgan fingerprint density at radius 2 is 2.15 bits per heavy atom. The Kier molecular flexibility index (Phi) is 3.75. The monoisotopic (exact) mass is 337 g/mol. The highest BCUT2D eigenvalue weighted by Gasteiger charge is 2.29. The van der Waals surface area contributed by atoms with E-state index in [4.69, 9.17) is 5.11 Å². The zero-order valence-electron chi connectivity index (χ0n) is 10.2. The van der Waals surface area contributed by atoms with Crippen LogP contribution < -0.4 is 4.72 Å². The van der Waals surface area contributed by atoms with Crippen molar-refractivity contribution in [1.82, 2.24) is 4.72 Å². The average molecular weight is 337 g/mol. The van der Waals surface area contributed by atoms with E-state index in [2.05, 4.69) is 4.72 Å². The maximum atomic E-state index is 12.1. The summed E-state index contributed by atoms with van der Waals surface area (Å²) >= 11 is 0.852. The van der Waals surface area contributed by atoms with E-state index in [1.165, 1.54) is 13.0 Å². The van der Waals surface area contributed by atoms with E-state index >= 15 is 0 Å². The minimum atomic E-state index is -3.96. The summed E-state index contributed by atoms with van der Waals surface area (Å²) in [6.07, 6.45) is 1.26. The van der Waals surface area contributed by atoms with Crippen LogP contribution in [0.4, 0.5) is 0 Å². The van der Waals surface area contributed by atoms with Crippen molar-refractivity contribution >= 4 is 37.2 Å². The lowest BCUT2D eigenvalue weighted by Gasteiger charge is -2.10. The van der Waals surface area contributed by atoms with Crippen LogP contribution in [0.2, 0.25) is 0 Å². The third-order valence-corrected chi connectivity index (χ3v) is 6.79. The number of carboxylic acids is 1. The van der Waals surface area contributed by atoms with Crippen LogP contribution in [0.25, 0.3) is 0 Å². The Balaban J connectivity index is 2.28. The molecule has 1 atom stereocenters. The summed E-state index contributed by atoms with van der Waals surface area (Å²) in [5, 5.41) is 9.81. The molecular formula is C10H11NO6S3. The minimum Gasteiger partial charge on any atom is -0.477 e. The molecule has 7 nitrogen and oxygen atoms in total. The van der Waals surface area contributed by atoms with Crippen LogP contribution in [-0.4, -0.2) is 39.7 Å². The lowest BCUT2D eigenvalue weighted by molar-refractivity contribution is 0.0702. The normalized spacial score (nSPS) is 21.1. The van der Waals surface area contributed by atoms with Crippen molar-refractivity contribution in [3.8, 4) is 0 Å². The maximum Gasteiger partial charge on any atom is 0.345 e. The molecule has 2 rings (SSSR count). The van der Waals surface area contributed by atoms with E-state index in [0.29, 0.717) is 4.88 Å². The van der Waals surface area contributed by atoms with Crippen LogP contribution in [0.1, 0.15) is 14.5 Å². The van der Waals surface area contributed by atoms with Crippen LogP contribution in [-0.2, 0) is 19.9 Å². The molecule has 0 fully saturated rings. The van der Waals surface area contributed by atoms with Gasteiger partial charge in [-0.3, -0.25) is 0 Å². The van der Waals surface area contributed by atoms with Gasteiger partial charge in [0.05, 0.1) is 16.7 Å². The predicted octanol–water partition coefficient (Wildman–Crippen LogP) is 0.344. The number of hydrogen-bond acceptors (Lipinski definition) is 6. The van der Waals surface area contributed by atoms with Crippen LogP contribution in [0.15, 0.2) is 22.4 Å². The van der Waals surface area contributed by atoms with E-state index in [0.717, 1.165) is 22.8 Å². The summed E-state index contributed by atoms with van der Waals surface area (Å²) in [6, 6.07) is 0.232. The molecule has 0 aliphatic carbocycles. The van der Waals surface area contributed by atoms with Gasteiger partial charge in [-0.25, -0.2) is 26.4 Å². The molecule has 0 spiro atoms. The first-order valence-electron chi connectivity index (χ1n) is 5.38. The molecule has 0 saturated heterocycles.